The van der Waals surface area contributed by atoms with Gasteiger partial charge in [-0.25, -0.2) is 0 Å². The van der Waals surface area contributed by atoms with Crippen LogP contribution >= 0.6 is 11.6 Å². The van der Waals surface area contributed by atoms with E-state index < -0.39 is 10.8 Å². The SMILES string of the molecule is CS(=O)c1ccc(C=Cc2ncon2)cc1CCl. The predicted octanol–water partition coefficient (Wildman–Crippen LogP) is 2.72. The molecule has 1 aromatic heterocycles. The Morgan fingerprint density at radius 2 is 2.28 bits per heavy atom. The van der Waals surface area contributed by atoms with Gasteiger partial charge in [0.25, 0.3) is 0 Å². The lowest BCUT2D eigenvalue weighted by atomic mass is 10.1. The van der Waals surface area contributed by atoms with Crippen LogP contribution in [-0.4, -0.2) is 20.6 Å². The number of rotatable bonds is 4. The molecule has 0 saturated heterocycles. The molecule has 1 aromatic carbocycles. The monoisotopic (exact) mass is 282 g/mol. The first-order chi connectivity index (χ1) is 8.70. The standard InChI is InChI=1S/C12H11ClN2O2S/c1-18(16)11-4-2-9(6-10(11)7-13)3-5-12-14-8-17-15-12/h2-6,8H,7H2,1H3. The van der Waals surface area contributed by atoms with Crippen molar-refractivity contribution in [2.75, 3.05) is 6.26 Å². The molecule has 2 aromatic rings. The number of hydrogen-bond acceptors (Lipinski definition) is 4. The molecule has 0 spiro atoms. The highest BCUT2D eigenvalue weighted by molar-refractivity contribution is 7.84. The number of nitrogens with zero attached hydrogens (tertiary/aromatic N) is 2. The Balaban J connectivity index is 2.27. The van der Waals surface area contributed by atoms with Gasteiger partial charge in [0.05, 0.1) is 10.8 Å². The summed E-state index contributed by atoms with van der Waals surface area (Å²) in [5.41, 5.74) is 1.82. The van der Waals surface area contributed by atoms with Crippen LogP contribution in [-0.2, 0) is 16.7 Å². The molecule has 0 fully saturated rings. The maximum absolute atomic E-state index is 11.5. The first-order valence-electron chi connectivity index (χ1n) is 5.17. The fraction of sp³-hybridized carbons (Fsp3) is 0.167. The Morgan fingerprint density at radius 3 is 2.89 bits per heavy atom. The molecule has 0 N–H and O–H groups in total. The molecule has 0 aliphatic heterocycles. The van der Waals surface area contributed by atoms with Crippen LogP contribution < -0.4 is 0 Å². The quantitative estimate of drug-likeness (QED) is 0.809. The fourth-order valence-corrected chi connectivity index (χ4v) is 2.57. The molecule has 6 heteroatoms. The van der Waals surface area contributed by atoms with Crippen LogP contribution in [0.1, 0.15) is 17.0 Å². The van der Waals surface area contributed by atoms with Crippen molar-refractivity contribution < 1.29 is 8.73 Å². The topological polar surface area (TPSA) is 56.0 Å². The third kappa shape index (κ3) is 3.05. The van der Waals surface area contributed by atoms with Crippen LogP contribution in [0.2, 0.25) is 0 Å². The van der Waals surface area contributed by atoms with Crippen LogP contribution in [0.5, 0.6) is 0 Å². The van der Waals surface area contributed by atoms with E-state index in [1.54, 1.807) is 12.3 Å². The minimum Gasteiger partial charge on any atom is -0.342 e. The summed E-state index contributed by atoms with van der Waals surface area (Å²) in [6.07, 6.45) is 6.50. The van der Waals surface area contributed by atoms with Gasteiger partial charge in [0.1, 0.15) is 0 Å². The zero-order valence-corrected chi connectivity index (χ0v) is 11.2. The molecule has 0 amide bonds. The van der Waals surface area contributed by atoms with Crippen molar-refractivity contribution in [1.82, 2.24) is 10.1 Å². The summed E-state index contributed by atoms with van der Waals surface area (Å²) in [5, 5.41) is 3.67. The van der Waals surface area contributed by atoms with Crippen LogP contribution in [0, 0.1) is 0 Å². The highest BCUT2D eigenvalue weighted by Crippen LogP contribution is 2.18. The molecule has 1 unspecified atom stereocenters. The normalized spacial score (nSPS) is 13.0. The summed E-state index contributed by atoms with van der Waals surface area (Å²) in [5.74, 6) is 0.837. The highest BCUT2D eigenvalue weighted by atomic mass is 35.5. The van der Waals surface area contributed by atoms with Crippen molar-refractivity contribution in [2.45, 2.75) is 10.8 Å². The van der Waals surface area contributed by atoms with Gasteiger partial charge in [-0.05, 0) is 29.3 Å². The van der Waals surface area contributed by atoms with Crippen LogP contribution in [0.3, 0.4) is 0 Å². The smallest absolute Gasteiger partial charge is 0.214 e. The van der Waals surface area contributed by atoms with E-state index in [0.717, 1.165) is 16.0 Å². The molecule has 2 rings (SSSR count). The molecule has 94 valence electrons. The Labute approximate surface area is 112 Å². The van der Waals surface area contributed by atoms with Crippen molar-refractivity contribution in [1.29, 1.82) is 0 Å². The lowest BCUT2D eigenvalue weighted by Crippen LogP contribution is -1.94. The van der Waals surface area contributed by atoms with Crippen molar-refractivity contribution in [2.24, 2.45) is 0 Å². The molecule has 18 heavy (non-hydrogen) atoms. The van der Waals surface area contributed by atoms with Crippen molar-refractivity contribution in [3.63, 3.8) is 0 Å². The molecule has 4 nitrogen and oxygen atoms in total. The van der Waals surface area contributed by atoms with E-state index in [1.807, 2.05) is 24.3 Å². The first kappa shape index (κ1) is 13.0. The molecule has 1 atom stereocenters. The zero-order chi connectivity index (χ0) is 13.0. The maximum Gasteiger partial charge on any atom is 0.214 e. The predicted molar refractivity (Wildman–Crippen MR) is 71.6 cm³/mol. The van der Waals surface area contributed by atoms with Gasteiger partial charge in [-0.15, -0.1) is 11.6 Å². The van der Waals surface area contributed by atoms with Gasteiger partial charge < -0.3 is 4.52 Å². The fourth-order valence-electron chi connectivity index (χ4n) is 1.51. The molecule has 0 radical (unpaired) electrons. The number of aromatic nitrogens is 2. The Hall–Kier alpha value is -1.46. The van der Waals surface area contributed by atoms with Crippen LogP contribution in [0.15, 0.2) is 34.0 Å². The molecule has 0 aliphatic carbocycles. The Kier molecular flexibility index (Phi) is 4.28. The second kappa shape index (κ2) is 5.93. The van der Waals surface area contributed by atoms with Crippen LogP contribution in [0.25, 0.3) is 12.2 Å². The zero-order valence-electron chi connectivity index (χ0n) is 9.67. The van der Waals surface area contributed by atoms with Gasteiger partial charge in [-0.2, -0.15) is 4.98 Å². The van der Waals surface area contributed by atoms with Crippen molar-refractivity contribution in [3.8, 4) is 0 Å². The highest BCUT2D eigenvalue weighted by Gasteiger charge is 2.05. The molecule has 0 saturated carbocycles. The molecular weight excluding hydrogens is 272 g/mol. The van der Waals surface area contributed by atoms with E-state index in [2.05, 4.69) is 14.7 Å². The third-order valence-corrected chi connectivity index (χ3v) is 3.65. The summed E-state index contributed by atoms with van der Waals surface area (Å²) >= 11 is 5.85. The number of halogens is 1. The summed E-state index contributed by atoms with van der Waals surface area (Å²) in [6.45, 7) is 0. The second-order valence-electron chi connectivity index (χ2n) is 3.58. The van der Waals surface area contributed by atoms with Crippen LogP contribution in [0.4, 0.5) is 0 Å². The Morgan fingerprint density at radius 1 is 1.44 bits per heavy atom. The van der Waals surface area contributed by atoms with E-state index in [-0.39, 0.29) is 0 Å². The van der Waals surface area contributed by atoms with E-state index >= 15 is 0 Å². The van der Waals surface area contributed by atoms with Gasteiger partial charge in [-0.3, -0.25) is 4.21 Å². The minimum absolute atomic E-state index is 0.332. The molecule has 0 aliphatic rings. The average molecular weight is 283 g/mol. The van der Waals surface area contributed by atoms with E-state index in [0.29, 0.717) is 11.7 Å². The summed E-state index contributed by atoms with van der Waals surface area (Å²) < 4.78 is 16.1. The Bertz CT molecular complexity index is 582. The summed E-state index contributed by atoms with van der Waals surface area (Å²) in [6, 6.07) is 5.60. The van der Waals surface area contributed by atoms with E-state index in [4.69, 9.17) is 11.6 Å². The van der Waals surface area contributed by atoms with Gasteiger partial charge >= 0.3 is 0 Å². The largest absolute Gasteiger partial charge is 0.342 e. The maximum atomic E-state index is 11.5. The van der Waals surface area contributed by atoms with Crippen molar-refractivity contribution in [3.05, 3.63) is 41.5 Å². The van der Waals surface area contributed by atoms with Crippen molar-refractivity contribution >= 4 is 34.6 Å². The third-order valence-electron chi connectivity index (χ3n) is 2.34. The van der Waals surface area contributed by atoms with Gasteiger partial charge in [0, 0.05) is 17.0 Å². The number of benzene rings is 1. The molecule has 1 heterocycles. The van der Waals surface area contributed by atoms with Gasteiger partial charge in [0.15, 0.2) is 5.82 Å². The molecule has 0 bridgehead atoms. The number of alkyl halides is 1. The minimum atomic E-state index is -1.03. The molecular formula is C12H11ClN2O2S. The van der Waals surface area contributed by atoms with Gasteiger partial charge in [0.2, 0.25) is 6.39 Å². The number of hydrogen-bond donors (Lipinski definition) is 0. The lowest BCUT2D eigenvalue weighted by molar-refractivity contribution is 0.415. The van der Waals surface area contributed by atoms with Gasteiger partial charge in [-0.1, -0.05) is 17.3 Å². The summed E-state index contributed by atoms with van der Waals surface area (Å²) in [7, 11) is -1.03. The van der Waals surface area contributed by atoms with E-state index in [1.165, 1.54) is 6.39 Å². The summed E-state index contributed by atoms with van der Waals surface area (Å²) in [4.78, 5) is 4.65. The first-order valence-corrected chi connectivity index (χ1v) is 7.26. The average Bonchev–Trinajstić information content (AvgIpc) is 2.88. The second-order valence-corrected chi connectivity index (χ2v) is 5.19. The van der Waals surface area contributed by atoms with E-state index in [9.17, 15) is 4.21 Å². The lowest BCUT2D eigenvalue weighted by Gasteiger charge is -2.05.